The Morgan fingerprint density at radius 3 is 2.74 bits per heavy atom. The summed E-state index contributed by atoms with van der Waals surface area (Å²) in [6, 6.07) is 9.32. The van der Waals surface area contributed by atoms with Crippen LogP contribution in [0.3, 0.4) is 0 Å². The summed E-state index contributed by atoms with van der Waals surface area (Å²) in [5.74, 6) is -0.352. The fourth-order valence-electron chi connectivity index (χ4n) is 4.34. The molecule has 188 valence electrons. The number of pyridine rings is 3. The van der Waals surface area contributed by atoms with E-state index in [0.717, 1.165) is 23.6 Å². The Morgan fingerprint density at radius 1 is 1.03 bits per heavy atom. The highest BCUT2D eigenvalue weighted by Gasteiger charge is 2.18. The van der Waals surface area contributed by atoms with Crippen molar-refractivity contribution in [3.63, 3.8) is 0 Å². The third kappa shape index (κ3) is 4.30. The van der Waals surface area contributed by atoms with Gasteiger partial charge in [0.1, 0.15) is 22.8 Å². The van der Waals surface area contributed by atoms with Gasteiger partial charge in [-0.05, 0) is 42.3 Å². The molecule has 1 aromatic carbocycles. The van der Waals surface area contributed by atoms with Crippen molar-refractivity contribution in [1.29, 1.82) is 0 Å². The van der Waals surface area contributed by atoms with Crippen LogP contribution in [0, 0.1) is 5.82 Å². The second-order valence-electron chi connectivity index (χ2n) is 8.79. The second kappa shape index (κ2) is 9.36. The molecule has 0 fully saturated rings. The quantitative estimate of drug-likeness (QED) is 0.242. The highest BCUT2D eigenvalue weighted by atomic mass is 19.1. The van der Waals surface area contributed by atoms with Gasteiger partial charge in [0, 0.05) is 47.8 Å². The molecule has 11 heteroatoms. The molecule has 1 amide bonds. The fraction of sp³-hybridized carbons (Fsp3) is 0.111. The molecule has 0 saturated carbocycles. The van der Waals surface area contributed by atoms with E-state index in [1.165, 1.54) is 12.1 Å². The molecule has 0 atom stereocenters. The second-order valence-corrected chi connectivity index (χ2v) is 8.79. The third-order valence-corrected chi connectivity index (χ3v) is 6.05. The molecule has 10 nitrogen and oxygen atoms in total. The van der Waals surface area contributed by atoms with E-state index in [-0.39, 0.29) is 11.7 Å². The lowest BCUT2D eigenvalue weighted by Crippen LogP contribution is -2.10. The zero-order valence-electron chi connectivity index (χ0n) is 20.2. The van der Waals surface area contributed by atoms with Crippen LogP contribution >= 0.6 is 0 Å². The summed E-state index contributed by atoms with van der Waals surface area (Å²) in [5.41, 5.74) is 5.33. The lowest BCUT2D eigenvalue weighted by atomic mass is 10.1. The number of aromatic hydroxyl groups is 1. The van der Waals surface area contributed by atoms with Gasteiger partial charge >= 0.3 is 0 Å². The van der Waals surface area contributed by atoms with Gasteiger partial charge in [0.15, 0.2) is 17.1 Å². The molecule has 0 radical (unpaired) electrons. The average Bonchev–Trinajstić information content (AvgIpc) is 3.52. The van der Waals surface area contributed by atoms with Crippen LogP contribution in [0.4, 0.5) is 10.1 Å². The minimum atomic E-state index is -0.555. The molecular weight excluding hydrogens is 487 g/mol. The maximum Gasteiger partial charge on any atom is 0.224 e. The van der Waals surface area contributed by atoms with Crippen LogP contribution in [0.25, 0.3) is 56.0 Å². The molecule has 5 heterocycles. The molecule has 0 unspecified atom stereocenters. The number of rotatable bonds is 6. The molecular formula is C27H21FN8O2. The first-order chi connectivity index (χ1) is 18.5. The number of imidazole rings is 1. The molecule has 0 aliphatic carbocycles. The van der Waals surface area contributed by atoms with Crippen molar-refractivity contribution in [2.24, 2.45) is 0 Å². The fourth-order valence-corrected chi connectivity index (χ4v) is 4.34. The number of anilines is 1. The number of benzene rings is 1. The Kier molecular flexibility index (Phi) is 5.72. The average molecular weight is 509 g/mol. The van der Waals surface area contributed by atoms with Gasteiger partial charge in [-0.2, -0.15) is 5.10 Å². The first-order valence-corrected chi connectivity index (χ1v) is 11.9. The van der Waals surface area contributed by atoms with Crippen molar-refractivity contribution in [3.05, 3.63) is 67.0 Å². The number of aromatic nitrogens is 7. The minimum Gasteiger partial charge on any atom is -0.508 e. The normalized spacial score (nSPS) is 11.3. The maximum absolute atomic E-state index is 14.0. The summed E-state index contributed by atoms with van der Waals surface area (Å²) in [4.78, 5) is 33.0. The lowest BCUT2D eigenvalue weighted by molar-refractivity contribution is -0.116. The van der Waals surface area contributed by atoms with Crippen molar-refractivity contribution in [2.45, 2.75) is 19.8 Å². The van der Waals surface area contributed by atoms with Gasteiger partial charge in [-0.25, -0.2) is 19.3 Å². The van der Waals surface area contributed by atoms with Crippen molar-refractivity contribution < 1.29 is 14.3 Å². The van der Waals surface area contributed by atoms with E-state index in [0.29, 0.717) is 57.0 Å². The third-order valence-electron chi connectivity index (χ3n) is 6.05. The molecule has 0 aliphatic heterocycles. The predicted octanol–water partition coefficient (Wildman–Crippen LogP) is 5.21. The number of hydrogen-bond acceptors (Lipinski definition) is 7. The molecule has 0 bridgehead atoms. The number of phenols is 1. The standard InChI is InChI=1S/C27H21FN8O2/c1-2-3-22(38)32-18-7-15(11-29-13-18)16-9-21-24(35-36-25(21)31-12-16)27-33-23-20(4-5-30-26(23)34-27)14-6-17(28)10-19(37)8-14/h4-13,37H,2-3H2,1H3,(H,32,38)(H,30,33,34)(H,31,35,36). The van der Waals surface area contributed by atoms with Gasteiger partial charge in [-0.1, -0.05) is 6.92 Å². The Labute approximate surface area is 215 Å². The van der Waals surface area contributed by atoms with Gasteiger partial charge in [-0.15, -0.1) is 0 Å². The zero-order chi connectivity index (χ0) is 26.2. The molecule has 5 aromatic heterocycles. The Morgan fingerprint density at radius 2 is 1.89 bits per heavy atom. The molecule has 6 aromatic rings. The number of carbonyl (C=O) groups excluding carboxylic acids is 1. The number of halogens is 1. The van der Waals surface area contributed by atoms with E-state index in [9.17, 15) is 14.3 Å². The van der Waals surface area contributed by atoms with E-state index >= 15 is 0 Å². The number of nitrogens with zero attached hydrogens (tertiary/aromatic N) is 5. The van der Waals surface area contributed by atoms with E-state index in [1.807, 2.05) is 19.1 Å². The van der Waals surface area contributed by atoms with Gasteiger partial charge in [0.05, 0.1) is 17.3 Å². The van der Waals surface area contributed by atoms with Crippen molar-refractivity contribution >= 4 is 33.8 Å². The molecule has 4 N–H and O–H groups in total. The molecule has 0 spiro atoms. The monoisotopic (exact) mass is 508 g/mol. The van der Waals surface area contributed by atoms with E-state index in [1.54, 1.807) is 30.9 Å². The van der Waals surface area contributed by atoms with Gasteiger partial charge in [-0.3, -0.25) is 14.9 Å². The maximum atomic E-state index is 14.0. The highest BCUT2D eigenvalue weighted by molar-refractivity contribution is 5.96. The topological polar surface area (TPSA) is 145 Å². The summed E-state index contributed by atoms with van der Waals surface area (Å²) in [6.07, 6.45) is 7.78. The Balaban J connectivity index is 1.41. The summed E-state index contributed by atoms with van der Waals surface area (Å²) in [5, 5.41) is 20.8. The Hall–Kier alpha value is -5.19. The summed E-state index contributed by atoms with van der Waals surface area (Å²) in [6.45, 7) is 1.95. The lowest BCUT2D eigenvalue weighted by Gasteiger charge is -2.07. The molecule has 6 rings (SSSR count). The highest BCUT2D eigenvalue weighted by Crippen LogP contribution is 2.33. The largest absolute Gasteiger partial charge is 0.508 e. The predicted molar refractivity (Wildman–Crippen MR) is 141 cm³/mol. The minimum absolute atomic E-state index is 0.0662. The SMILES string of the molecule is CCCC(=O)Nc1cncc(-c2cnc3[nH]nc(-c4nc5c(-c6cc(O)cc(F)c6)ccnc5[nH]4)c3c2)c1. The molecule has 0 saturated heterocycles. The van der Waals surface area contributed by atoms with Crippen LogP contribution in [-0.4, -0.2) is 46.1 Å². The Bertz CT molecular complexity index is 1810. The number of aromatic amines is 2. The number of carbonyl (C=O) groups is 1. The van der Waals surface area contributed by atoms with Crippen LogP contribution in [0.1, 0.15) is 19.8 Å². The number of H-pyrrole nitrogens is 2. The summed E-state index contributed by atoms with van der Waals surface area (Å²) in [7, 11) is 0. The van der Waals surface area contributed by atoms with E-state index < -0.39 is 5.82 Å². The van der Waals surface area contributed by atoms with Gasteiger partial charge in [0.2, 0.25) is 5.91 Å². The zero-order valence-corrected chi connectivity index (χ0v) is 20.2. The summed E-state index contributed by atoms with van der Waals surface area (Å²) < 4.78 is 14.0. The van der Waals surface area contributed by atoms with Crippen LogP contribution in [-0.2, 0) is 4.79 Å². The van der Waals surface area contributed by atoms with Crippen LogP contribution in [0.2, 0.25) is 0 Å². The number of amides is 1. The first-order valence-electron chi connectivity index (χ1n) is 11.9. The van der Waals surface area contributed by atoms with Crippen LogP contribution in [0.5, 0.6) is 5.75 Å². The number of phenolic OH excluding ortho intramolecular Hbond substituents is 1. The van der Waals surface area contributed by atoms with Crippen molar-refractivity contribution in [3.8, 4) is 39.5 Å². The number of hydrogen-bond donors (Lipinski definition) is 4. The molecule has 0 aliphatic rings. The van der Waals surface area contributed by atoms with E-state index in [4.69, 9.17) is 4.98 Å². The molecule has 38 heavy (non-hydrogen) atoms. The van der Waals surface area contributed by atoms with Crippen LogP contribution in [0.15, 0.2) is 61.2 Å². The van der Waals surface area contributed by atoms with E-state index in [2.05, 4.69) is 35.5 Å². The first kappa shape index (κ1) is 23.2. The van der Waals surface area contributed by atoms with Crippen molar-refractivity contribution in [1.82, 2.24) is 35.1 Å². The number of nitrogens with one attached hydrogen (secondary N) is 3. The van der Waals surface area contributed by atoms with Gasteiger partial charge in [0.25, 0.3) is 0 Å². The number of fused-ring (bicyclic) bond motifs is 2. The van der Waals surface area contributed by atoms with Crippen molar-refractivity contribution in [2.75, 3.05) is 5.32 Å². The summed E-state index contributed by atoms with van der Waals surface area (Å²) >= 11 is 0. The van der Waals surface area contributed by atoms with Gasteiger partial charge < -0.3 is 15.4 Å². The van der Waals surface area contributed by atoms with Crippen LogP contribution < -0.4 is 5.32 Å². The smallest absolute Gasteiger partial charge is 0.224 e.